The van der Waals surface area contributed by atoms with Crippen molar-refractivity contribution in [3.8, 4) is 0 Å². The Kier molecular flexibility index (Phi) is 7.20. The lowest BCUT2D eigenvalue weighted by Gasteiger charge is -2.35. The van der Waals surface area contributed by atoms with Crippen LogP contribution in [0.25, 0.3) is 0 Å². The van der Waals surface area contributed by atoms with E-state index in [4.69, 9.17) is 4.74 Å². The van der Waals surface area contributed by atoms with Gasteiger partial charge < -0.3 is 9.64 Å². The summed E-state index contributed by atoms with van der Waals surface area (Å²) in [5, 5.41) is 12.4. The van der Waals surface area contributed by atoms with Crippen LogP contribution in [0.3, 0.4) is 0 Å². The molecule has 1 amide bonds. The van der Waals surface area contributed by atoms with Crippen molar-refractivity contribution < 1.29 is 23.6 Å². The number of carbonyl (C=O) groups excluding carboxylic acids is 2. The van der Waals surface area contributed by atoms with Gasteiger partial charge in [0.15, 0.2) is 0 Å². The second-order valence-corrected chi connectivity index (χ2v) is 9.94. The molecule has 0 radical (unpaired) electrons. The molecule has 1 saturated heterocycles. The van der Waals surface area contributed by atoms with Crippen molar-refractivity contribution in [1.82, 2.24) is 4.90 Å². The van der Waals surface area contributed by atoms with Crippen LogP contribution in [0.4, 0.5) is 4.39 Å². The van der Waals surface area contributed by atoms with Gasteiger partial charge in [-0.1, -0.05) is 52.2 Å². The molecular formula is C24H33FN2O5. The zero-order chi connectivity index (χ0) is 23.6. The monoisotopic (exact) mass is 448 g/mol. The highest BCUT2D eigenvalue weighted by molar-refractivity contribution is 5.87. The highest BCUT2D eigenvalue weighted by Crippen LogP contribution is 2.50. The van der Waals surface area contributed by atoms with Gasteiger partial charge in [-0.05, 0) is 42.9 Å². The van der Waals surface area contributed by atoms with Crippen molar-refractivity contribution in [2.75, 3.05) is 6.61 Å². The van der Waals surface area contributed by atoms with Crippen molar-refractivity contribution in [2.24, 2.45) is 17.3 Å². The van der Waals surface area contributed by atoms with Crippen LogP contribution in [-0.2, 0) is 14.3 Å². The molecular weight excluding hydrogens is 415 g/mol. The summed E-state index contributed by atoms with van der Waals surface area (Å²) in [5.41, 5.74) is -0.201. The first-order valence-corrected chi connectivity index (χ1v) is 11.5. The number of ether oxygens (including phenoxy) is 1. The molecule has 1 heterocycles. The third-order valence-corrected chi connectivity index (χ3v) is 6.82. The average Bonchev–Trinajstić information content (AvgIpc) is 3.11. The molecule has 1 aromatic rings. The maximum absolute atomic E-state index is 13.8. The quantitative estimate of drug-likeness (QED) is 0.375. The van der Waals surface area contributed by atoms with E-state index in [0.717, 1.165) is 19.3 Å². The summed E-state index contributed by atoms with van der Waals surface area (Å²) in [6.45, 7) is 7.32. The number of likely N-dealkylation sites (tertiary alicyclic amines) is 1. The number of halogens is 1. The van der Waals surface area contributed by atoms with E-state index >= 15 is 0 Å². The van der Waals surface area contributed by atoms with Crippen LogP contribution in [0.2, 0.25) is 0 Å². The highest BCUT2D eigenvalue weighted by Gasteiger charge is 2.64. The van der Waals surface area contributed by atoms with Gasteiger partial charge in [0.1, 0.15) is 17.9 Å². The van der Waals surface area contributed by atoms with Crippen molar-refractivity contribution in [1.29, 1.82) is 0 Å². The maximum Gasteiger partial charge on any atom is 0.329 e. The minimum atomic E-state index is -1.22. The largest absolute Gasteiger partial charge is 0.464 e. The molecule has 2 aliphatic rings. The van der Waals surface area contributed by atoms with Gasteiger partial charge >= 0.3 is 5.97 Å². The molecule has 32 heavy (non-hydrogen) atoms. The van der Waals surface area contributed by atoms with Crippen molar-refractivity contribution in [3.63, 3.8) is 0 Å². The van der Waals surface area contributed by atoms with Crippen LogP contribution in [-0.4, -0.2) is 40.4 Å². The number of hydrogen-bond acceptors (Lipinski definition) is 5. The molecule has 8 heteroatoms. The fourth-order valence-electron chi connectivity index (χ4n) is 5.47. The molecule has 1 aromatic carbocycles. The van der Waals surface area contributed by atoms with Crippen molar-refractivity contribution in [2.45, 2.75) is 77.9 Å². The van der Waals surface area contributed by atoms with E-state index in [-0.39, 0.29) is 23.4 Å². The molecule has 4 atom stereocenters. The van der Waals surface area contributed by atoms with Crippen LogP contribution >= 0.6 is 0 Å². The first-order valence-electron chi connectivity index (χ1n) is 11.5. The fraction of sp³-hybridized carbons (Fsp3) is 0.667. The second kappa shape index (κ2) is 9.55. The van der Waals surface area contributed by atoms with E-state index in [1.165, 1.54) is 29.2 Å². The van der Waals surface area contributed by atoms with Crippen LogP contribution in [0, 0.1) is 33.2 Å². The minimum absolute atomic E-state index is 0.113. The Morgan fingerprint density at radius 3 is 2.25 bits per heavy atom. The smallest absolute Gasteiger partial charge is 0.329 e. The van der Waals surface area contributed by atoms with Crippen LogP contribution in [0.15, 0.2) is 24.3 Å². The Labute approximate surface area is 188 Å². The van der Waals surface area contributed by atoms with E-state index in [9.17, 15) is 24.1 Å². The average molecular weight is 449 g/mol. The summed E-state index contributed by atoms with van der Waals surface area (Å²) in [5.74, 6) is -2.37. The lowest BCUT2D eigenvalue weighted by atomic mass is 9.73. The lowest BCUT2D eigenvalue weighted by molar-refractivity contribution is -0.536. The molecule has 1 saturated carbocycles. The molecule has 7 nitrogen and oxygen atoms in total. The topological polar surface area (TPSA) is 89.8 Å². The number of amides is 1. The minimum Gasteiger partial charge on any atom is -0.464 e. The molecule has 0 N–H and O–H groups in total. The molecule has 0 spiro atoms. The van der Waals surface area contributed by atoms with Gasteiger partial charge in [-0.3, -0.25) is 14.9 Å². The molecule has 1 aliphatic heterocycles. The number of benzene rings is 1. The van der Waals surface area contributed by atoms with E-state index in [0.29, 0.717) is 18.4 Å². The number of rotatable bonds is 5. The summed E-state index contributed by atoms with van der Waals surface area (Å²) >= 11 is 0. The van der Waals surface area contributed by atoms with Gasteiger partial charge in [-0.2, -0.15) is 0 Å². The van der Waals surface area contributed by atoms with Gasteiger partial charge in [0.05, 0.1) is 12.5 Å². The van der Waals surface area contributed by atoms with Gasteiger partial charge in [0, 0.05) is 10.8 Å². The number of carbonyl (C=O) groups is 2. The Morgan fingerprint density at radius 2 is 1.75 bits per heavy atom. The van der Waals surface area contributed by atoms with Crippen LogP contribution in [0.1, 0.15) is 71.4 Å². The van der Waals surface area contributed by atoms with Gasteiger partial charge in [0.2, 0.25) is 11.9 Å². The summed E-state index contributed by atoms with van der Waals surface area (Å²) < 4.78 is 19.0. The van der Waals surface area contributed by atoms with E-state index in [2.05, 4.69) is 0 Å². The first-order chi connectivity index (χ1) is 15.1. The summed E-state index contributed by atoms with van der Waals surface area (Å²) in [4.78, 5) is 40.5. The van der Waals surface area contributed by atoms with E-state index < -0.39 is 41.2 Å². The third kappa shape index (κ3) is 4.64. The second-order valence-electron chi connectivity index (χ2n) is 9.94. The Morgan fingerprint density at radius 1 is 1.16 bits per heavy atom. The molecule has 3 rings (SSSR count). The van der Waals surface area contributed by atoms with Crippen LogP contribution < -0.4 is 0 Å². The Balaban J connectivity index is 2.19. The van der Waals surface area contributed by atoms with Crippen molar-refractivity contribution >= 4 is 11.9 Å². The zero-order valence-electron chi connectivity index (χ0n) is 19.3. The summed E-state index contributed by atoms with van der Waals surface area (Å²) in [7, 11) is 0. The predicted molar refractivity (Wildman–Crippen MR) is 117 cm³/mol. The van der Waals surface area contributed by atoms with Gasteiger partial charge in [-0.25, -0.2) is 9.18 Å². The SMILES string of the molecule is CCOC(=O)[C@@H]1[C@@H](C(C)(C)C)[C@H]([N+](=O)[O-])[C@H](c2ccc(F)cc2)N1C(=O)C1CCCCC1. The highest BCUT2D eigenvalue weighted by atomic mass is 19.1. The Hall–Kier alpha value is -2.51. The normalized spacial score (nSPS) is 26.7. The van der Waals surface area contributed by atoms with Crippen LogP contribution in [0.5, 0.6) is 0 Å². The lowest BCUT2D eigenvalue weighted by Crippen LogP contribution is -2.49. The zero-order valence-corrected chi connectivity index (χ0v) is 19.3. The molecule has 176 valence electrons. The number of nitro groups is 1. The first kappa shape index (κ1) is 24.1. The molecule has 2 fully saturated rings. The molecule has 1 aliphatic carbocycles. The number of nitrogens with zero attached hydrogens (tertiary/aromatic N) is 2. The summed E-state index contributed by atoms with van der Waals surface area (Å²) in [6.07, 6.45) is 4.27. The third-order valence-electron chi connectivity index (χ3n) is 6.82. The van der Waals surface area contributed by atoms with Gasteiger partial charge in [0.25, 0.3) is 0 Å². The summed E-state index contributed by atoms with van der Waals surface area (Å²) in [6, 6.07) is 2.16. The molecule has 0 bridgehead atoms. The Bertz CT molecular complexity index is 845. The molecule has 0 unspecified atom stereocenters. The van der Waals surface area contributed by atoms with E-state index in [1.807, 2.05) is 20.8 Å². The number of hydrogen-bond donors (Lipinski definition) is 0. The van der Waals surface area contributed by atoms with Crippen molar-refractivity contribution in [3.05, 3.63) is 45.8 Å². The van der Waals surface area contributed by atoms with E-state index in [1.54, 1.807) is 6.92 Å². The fourth-order valence-corrected chi connectivity index (χ4v) is 5.47. The van der Waals surface area contributed by atoms with Gasteiger partial charge in [-0.15, -0.1) is 0 Å². The standard InChI is InChI=1S/C24H33FN2O5/c1-5-32-23(29)21-18(24(2,3)4)20(27(30)31)19(15-11-13-17(25)14-12-15)26(21)22(28)16-9-7-6-8-10-16/h11-14,16,18-21H,5-10H2,1-4H3/t18-,19-,20-,21-/m0/s1. The molecule has 0 aromatic heterocycles. The predicted octanol–water partition coefficient (Wildman–Crippen LogP) is 4.53. The maximum atomic E-state index is 13.8. The number of esters is 1.